The molecule has 21 heavy (non-hydrogen) atoms. The number of hydrogen-bond acceptors (Lipinski definition) is 5. The van der Waals surface area contributed by atoms with E-state index in [1.54, 1.807) is 0 Å². The Kier molecular flexibility index (Phi) is 4.57. The molecule has 112 valence electrons. The molecule has 1 aromatic heterocycles. The summed E-state index contributed by atoms with van der Waals surface area (Å²) in [6.45, 7) is 5.43. The monoisotopic (exact) mass is 289 g/mol. The average molecular weight is 289 g/mol. The fourth-order valence-electron chi connectivity index (χ4n) is 1.83. The molecular formula is C15H19N3O3. The maximum atomic E-state index is 11.9. The Balaban J connectivity index is 2.08. The first-order valence-corrected chi connectivity index (χ1v) is 6.73. The molecule has 1 N–H and O–H groups in total. The summed E-state index contributed by atoms with van der Waals surface area (Å²) < 4.78 is 10.5. The van der Waals surface area contributed by atoms with Gasteiger partial charge in [0.25, 0.3) is 0 Å². The molecule has 0 fully saturated rings. The van der Waals surface area contributed by atoms with Gasteiger partial charge in [-0.25, -0.2) is 4.79 Å². The highest BCUT2D eigenvalue weighted by Gasteiger charge is 2.23. The standard InChI is InChI=1S/C15H19N3O3/c1-15(2,3)21-14(19)17-12(13-18-16-10-20-13)9-11-7-5-4-6-8-11/h4-8,10,12H,9H2,1-3H3,(H,17,19)/t12-/m1/s1. The summed E-state index contributed by atoms with van der Waals surface area (Å²) in [6.07, 6.45) is 1.27. The second-order valence-corrected chi connectivity index (χ2v) is 5.67. The van der Waals surface area contributed by atoms with E-state index in [9.17, 15) is 4.79 Å². The maximum absolute atomic E-state index is 11.9. The second kappa shape index (κ2) is 6.39. The molecule has 2 rings (SSSR count). The van der Waals surface area contributed by atoms with Gasteiger partial charge in [0.1, 0.15) is 11.6 Å². The Morgan fingerprint density at radius 1 is 1.33 bits per heavy atom. The van der Waals surface area contributed by atoms with Crippen LogP contribution in [0.1, 0.15) is 38.3 Å². The zero-order valence-electron chi connectivity index (χ0n) is 12.4. The largest absolute Gasteiger partial charge is 0.444 e. The Morgan fingerprint density at radius 3 is 2.62 bits per heavy atom. The minimum Gasteiger partial charge on any atom is -0.444 e. The molecule has 6 heteroatoms. The number of carbonyl (C=O) groups is 1. The SMILES string of the molecule is CC(C)(C)OC(=O)N[C@H](Cc1ccccc1)c1nnco1. The summed E-state index contributed by atoms with van der Waals surface area (Å²) in [6, 6.07) is 9.33. The van der Waals surface area contributed by atoms with Crippen molar-refractivity contribution in [2.45, 2.75) is 38.8 Å². The third kappa shape index (κ3) is 4.91. The summed E-state index contributed by atoms with van der Waals surface area (Å²) in [5.74, 6) is 0.352. The van der Waals surface area contributed by atoms with Crippen LogP contribution in [-0.4, -0.2) is 21.9 Å². The van der Waals surface area contributed by atoms with Crippen molar-refractivity contribution < 1.29 is 13.9 Å². The minimum absolute atomic E-state index is 0.352. The van der Waals surface area contributed by atoms with Gasteiger partial charge in [0.15, 0.2) is 0 Å². The van der Waals surface area contributed by atoms with E-state index in [0.717, 1.165) is 5.56 Å². The number of rotatable bonds is 4. The van der Waals surface area contributed by atoms with Crippen molar-refractivity contribution in [1.29, 1.82) is 0 Å². The predicted octanol–water partition coefficient (Wildman–Crippen LogP) is 2.88. The molecule has 1 heterocycles. The van der Waals surface area contributed by atoms with Gasteiger partial charge in [-0.15, -0.1) is 10.2 Å². The second-order valence-electron chi connectivity index (χ2n) is 5.67. The maximum Gasteiger partial charge on any atom is 0.408 e. The molecule has 1 amide bonds. The molecule has 0 bridgehead atoms. The van der Waals surface area contributed by atoms with Gasteiger partial charge >= 0.3 is 6.09 Å². The van der Waals surface area contributed by atoms with Crippen molar-refractivity contribution in [3.8, 4) is 0 Å². The summed E-state index contributed by atoms with van der Waals surface area (Å²) in [5.41, 5.74) is 0.493. The first-order chi connectivity index (χ1) is 9.94. The molecule has 0 aliphatic rings. The van der Waals surface area contributed by atoms with E-state index in [4.69, 9.17) is 9.15 Å². The van der Waals surface area contributed by atoms with Crippen molar-refractivity contribution in [3.05, 3.63) is 48.2 Å². The topological polar surface area (TPSA) is 77.2 Å². The number of nitrogens with one attached hydrogen (secondary N) is 1. The summed E-state index contributed by atoms with van der Waals surface area (Å²) in [7, 11) is 0. The number of amides is 1. The van der Waals surface area contributed by atoms with Crippen LogP contribution in [-0.2, 0) is 11.2 Å². The van der Waals surface area contributed by atoms with Crippen LogP contribution in [0.15, 0.2) is 41.1 Å². The molecule has 0 saturated heterocycles. The number of carbonyl (C=O) groups excluding carboxylic acids is 1. The Morgan fingerprint density at radius 2 is 2.05 bits per heavy atom. The summed E-state index contributed by atoms with van der Waals surface area (Å²) >= 11 is 0. The number of aromatic nitrogens is 2. The molecule has 0 unspecified atom stereocenters. The van der Waals surface area contributed by atoms with Gasteiger partial charge in [0, 0.05) is 6.42 Å². The zero-order chi connectivity index (χ0) is 15.3. The highest BCUT2D eigenvalue weighted by atomic mass is 16.6. The van der Waals surface area contributed by atoms with E-state index in [1.807, 2.05) is 51.1 Å². The molecule has 0 spiro atoms. The van der Waals surface area contributed by atoms with Crippen LogP contribution in [0, 0.1) is 0 Å². The van der Waals surface area contributed by atoms with E-state index in [2.05, 4.69) is 15.5 Å². The number of benzene rings is 1. The third-order valence-corrected chi connectivity index (χ3v) is 2.65. The molecule has 0 aliphatic heterocycles. The van der Waals surface area contributed by atoms with Crippen LogP contribution in [0.5, 0.6) is 0 Å². The van der Waals surface area contributed by atoms with Crippen LogP contribution >= 0.6 is 0 Å². The van der Waals surface area contributed by atoms with E-state index < -0.39 is 17.7 Å². The van der Waals surface area contributed by atoms with Gasteiger partial charge in [-0.1, -0.05) is 30.3 Å². The van der Waals surface area contributed by atoms with Crippen molar-refractivity contribution in [1.82, 2.24) is 15.5 Å². The van der Waals surface area contributed by atoms with Crippen LogP contribution < -0.4 is 5.32 Å². The van der Waals surface area contributed by atoms with E-state index in [-0.39, 0.29) is 0 Å². The molecule has 0 saturated carbocycles. The molecular weight excluding hydrogens is 270 g/mol. The number of nitrogens with zero attached hydrogens (tertiary/aromatic N) is 2. The number of alkyl carbamates (subject to hydrolysis) is 1. The van der Waals surface area contributed by atoms with Crippen molar-refractivity contribution in [2.24, 2.45) is 0 Å². The van der Waals surface area contributed by atoms with E-state index in [0.29, 0.717) is 12.3 Å². The summed E-state index contributed by atoms with van der Waals surface area (Å²) in [5, 5.41) is 10.3. The zero-order valence-corrected chi connectivity index (χ0v) is 12.4. The van der Waals surface area contributed by atoms with E-state index in [1.165, 1.54) is 6.39 Å². The first kappa shape index (κ1) is 15.0. The van der Waals surface area contributed by atoms with Gasteiger partial charge in [0.05, 0.1) is 0 Å². The molecule has 1 atom stereocenters. The van der Waals surface area contributed by atoms with Gasteiger partial charge in [-0.05, 0) is 26.3 Å². The molecule has 2 aromatic rings. The summed E-state index contributed by atoms with van der Waals surface area (Å²) in [4.78, 5) is 11.9. The highest BCUT2D eigenvalue weighted by molar-refractivity contribution is 5.68. The van der Waals surface area contributed by atoms with Gasteiger partial charge in [-0.2, -0.15) is 0 Å². The lowest BCUT2D eigenvalue weighted by Gasteiger charge is -2.22. The third-order valence-electron chi connectivity index (χ3n) is 2.65. The van der Waals surface area contributed by atoms with Crippen LogP contribution in [0.2, 0.25) is 0 Å². The van der Waals surface area contributed by atoms with E-state index >= 15 is 0 Å². The number of ether oxygens (including phenoxy) is 1. The van der Waals surface area contributed by atoms with Crippen molar-refractivity contribution in [2.75, 3.05) is 0 Å². The van der Waals surface area contributed by atoms with Gasteiger partial charge in [0.2, 0.25) is 12.3 Å². The lowest BCUT2D eigenvalue weighted by Crippen LogP contribution is -2.36. The van der Waals surface area contributed by atoms with Crippen molar-refractivity contribution in [3.63, 3.8) is 0 Å². The van der Waals surface area contributed by atoms with Crippen molar-refractivity contribution >= 4 is 6.09 Å². The van der Waals surface area contributed by atoms with Gasteiger partial charge < -0.3 is 14.5 Å². The lowest BCUT2D eigenvalue weighted by molar-refractivity contribution is 0.0495. The normalized spacial score (nSPS) is 12.7. The Hall–Kier alpha value is -2.37. The van der Waals surface area contributed by atoms with Crippen LogP contribution in [0.4, 0.5) is 4.79 Å². The minimum atomic E-state index is -0.559. The average Bonchev–Trinajstić information content (AvgIpc) is 2.90. The first-order valence-electron chi connectivity index (χ1n) is 6.73. The quantitative estimate of drug-likeness (QED) is 0.936. The van der Waals surface area contributed by atoms with Crippen LogP contribution in [0.25, 0.3) is 0 Å². The molecule has 0 radical (unpaired) electrons. The highest BCUT2D eigenvalue weighted by Crippen LogP contribution is 2.17. The molecule has 6 nitrogen and oxygen atoms in total. The Labute approximate surface area is 123 Å². The lowest BCUT2D eigenvalue weighted by atomic mass is 10.1. The Bertz CT molecular complexity index is 562. The smallest absolute Gasteiger partial charge is 0.408 e. The molecule has 0 aliphatic carbocycles. The van der Waals surface area contributed by atoms with Crippen LogP contribution in [0.3, 0.4) is 0 Å². The predicted molar refractivity (Wildman–Crippen MR) is 76.6 cm³/mol. The van der Waals surface area contributed by atoms with Gasteiger partial charge in [-0.3, -0.25) is 0 Å². The number of hydrogen-bond donors (Lipinski definition) is 1. The fourth-order valence-corrected chi connectivity index (χ4v) is 1.83. The molecule has 1 aromatic carbocycles. The fraction of sp³-hybridized carbons (Fsp3) is 0.400.